The van der Waals surface area contributed by atoms with Crippen molar-refractivity contribution in [2.75, 3.05) is 25.2 Å². The van der Waals surface area contributed by atoms with E-state index in [1.54, 1.807) is 7.05 Å². The van der Waals surface area contributed by atoms with Gasteiger partial charge in [-0.15, -0.1) is 0 Å². The van der Waals surface area contributed by atoms with Crippen LogP contribution >= 0.6 is 0 Å². The van der Waals surface area contributed by atoms with Crippen LogP contribution < -0.4 is 10.0 Å². The van der Waals surface area contributed by atoms with Crippen LogP contribution in [0.2, 0.25) is 0 Å². The fraction of sp³-hybridized carbons (Fsp3) is 0.538. The molecule has 1 rings (SSSR count). The minimum atomic E-state index is -3.76. The molecule has 8 heteroatoms. The quantitative estimate of drug-likeness (QED) is 0.787. The number of hydrogen-bond donors (Lipinski definition) is 2. The molecule has 21 heavy (non-hydrogen) atoms. The number of hydrogen-bond acceptors (Lipinski definition) is 5. The van der Waals surface area contributed by atoms with Gasteiger partial charge in [0.05, 0.1) is 10.6 Å². The molecule has 0 aliphatic heterocycles. The highest BCUT2D eigenvalue weighted by molar-refractivity contribution is 7.91. The number of nitrogens with one attached hydrogen (secondary N) is 2. The molecule has 0 bridgehead atoms. The van der Waals surface area contributed by atoms with Crippen LogP contribution in [0, 0.1) is 5.92 Å². The Morgan fingerprint density at radius 3 is 2.24 bits per heavy atom. The normalized spacial score (nSPS) is 12.6. The van der Waals surface area contributed by atoms with Crippen molar-refractivity contribution in [2.45, 2.75) is 30.1 Å². The molecule has 0 saturated carbocycles. The zero-order chi connectivity index (χ0) is 16.3. The third-order valence-corrected chi connectivity index (χ3v) is 5.57. The molecular weight excluding hydrogens is 312 g/mol. The second-order valence-corrected chi connectivity index (χ2v) is 9.01. The third-order valence-electron chi connectivity index (χ3n) is 2.95. The summed E-state index contributed by atoms with van der Waals surface area (Å²) in [6.07, 6.45) is 1.75. The highest BCUT2D eigenvalue weighted by Gasteiger charge is 2.21. The van der Waals surface area contributed by atoms with Crippen molar-refractivity contribution in [3.63, 3.8) is 0 Å². The van der Waals surface area contributed by atoms with E-state index in [1.807, 2.05) is 13.8 Å². The molecule has 0 atom stereocenters. The van der Waals surface area contributed by atoms with E-state index in [0.717, 1.165) is 6.26 Å². The van der Waals surface area contributed by atoms with Crippen LogP contribution in [0.4, 0.5) is 5.69 Å². The second-order valence-electron chi connectivity index (χ2n) is 5.26. The zero-order valence-electron chi connectivity index (χ0n) is 12.7. The Kier molecular flexibility index (Phi) is 5.77. The van der Waals surface area contributed by atoms with Crippen molar-refractivity contribution in [3.8, 4) is 0 Å². The molecular formula is C13H22N2O4S2. The molecule has 0 radical (unpaired) electrons. The molecule has 120 valence electrons. The molecule has 1 aromatic rings. The summed E-state index contributed by atoms with van der Waals surface area (Å²) in [7, 11) is -5.64. The van der Waals surface area contributed by atoms with Gasteiger partial charge in [-0.05, 0) is 30.5 Å². The first kappa shape index (κ1) is 17.9. The number of sulfonamides is 1. The molecule has 0 saturated heterocycles. The maximum atomic E-state index is 12.3. The van der Waals surface area contributed by atoms with Gasteiger partial charge in [-0.2, -0.15) is 0 Å². The monoisotopic (exact) mass is 334 g/mol. The van der Waals surface area contributed by atoms with Crippen molar-refractivity contribution in [1.29, 1.82) is 0 Å². The first-order valence-electron chi connectivity index (χ1n) is 6.59. The van der Waals surface area contributed by atoms with E-state index >= 15 is 0 Å². The predicted molar refractivity (Wildman–Crippen MR) is 83.7 cm³/mol. The average molecular weight is 334 g/mol. The summed E-state index contributed by atoms with van der Waals surface area (Å²) in [6, 6.07) is 4.01. The molecule has 0 heterocycles. The number of benzene rings is 1. The summed E-state index contributed by atoms with van der Waals surface area (Å²) in [5.41, 5.74) is 0.361. The molecule has 1 aromatic carbocycles. The Morgan fingerprint density at radius 1 is 1.14 bits per heavy atom. The molecule has 2 N–H and O–H groups in total. The predicted octanol–water partition coefficient (Wildman–Crippen LogP) is 1.46. The van der Waals surface area contributed by atoms with Crippen molar-refractivity contribution >= 4 is 25.5 Å². The standard InChI is InChI=1S/C13H22N2O4S2/c1-10(2)7-8-15-21(18,19)13-9-11(20(4,16)17)5-6-12(13)14-3/h5-6,9-10,14-15H,7-8H2,1-4H3. The largest absolute Gasteiger partial charge is 0.387 e. The van der Waals surface area contributed by atoms with Crippen molar-refractivity contribution < 1.29 is 16.8 Å². The van der Waals surface area contributed by atoms with E-state index in [2.05, 4.69) is 10.0 Å². The summed E-state index contributed by atoms with van der Waals surface area (Å²) in [6.45, 7) is 4.31. The molecule has 0 unspecified atom stereocenters. The Balaban J connectivity index is 3.20. The maximum absolute atomic E-state index is 12.3. The van der Waals surface area contributed by atoms with Crippen molar-refractivity contribution in [3.05, 3.63) is 18.2 Å². The van der Waals surface area contributed by atoms with Gasteiger partial charge in [-0.1, -0.05) is 13.8 Å². The lowest BCUT2D eigenvalue weighted by Crippen LogP contribution is -2.26. The van der Waals surface area contributed by atoms with Crippen LogP contribution in [-0.2, 0) is 19.9 Å². The van der Waals surface area contributed by atoms with Gasteiger partial charge in [0.25, 0.3) is 0 Å². The van der Waals surface area contributed by atoms with E-state index in [-0.39, 0.29) is 9.79 Å². The summed E-state index contributed by atoms with van der Waals surface area (Å²) < 4.78 is 50.3. The summed E-state index contributed by atoms with van der Waals surface area (Å²) in [5, 5.41) is 2.77. The summed E-state index contributed by atoms with van der Waals surface area (Å²) >= 11 is 0. The Labute approximate surface area is 126 Å². The minimum Gasteiger partial charge on any atom is -0.387 e. The van der Waals surface area contributed by atoms with Crippen LogP contribution in [0.3, 0.4) is 0 Å². The topological polar surface area (TPSA) is 92.3 Å². The highest BCUT2D eigenvalue weighted by Crippen LogP contribution is 2.24. The Hall–Kier alpha value is -1.12. The SMILES string of the molecule is CNc1ccc(S(C)(=O)=O)cc1S(=O)(=O)NCCC(C)C. The molecule has 0 fully saturated rings. The van der Waals surface area contributed by atoms with Gasteiger partial charge in [0.15, 0.2) is 9.84 Å². The van der Waals surface area contributed by atoms with Gasteiger partial charge in [-0.3, -0.25) is 0 Å². The first-order valence-corrected chi connectivity index (χ1v) is 9.97. The van der Waals surface area contributed by atoms with E-state index in [0.29, 0.717) is 24.6 Å². The number of anilines is 1. The molecule has 0 aromatic heterocycles. The summed E-state index contributed by atoms with van der Waals surface area (Å²) in [4.78, 5) is -0.0811. The highest BCUT2D eigenvalue weighted by atomic mass is 32.2. The van der Waals surface area contributed by atoms with E-state index in [4.69, 9.17) is 0 Å². The first-order chi connectivity index (χ1) is 9.58. The lowest BCUT2D eigenvalue weighted by Gasteiger charge is -2.13. The van der Waals surface area contributed by atoms with Gasteiger partial charge >= 0.3 is 0 Å². The lowest BCUT2D eigenvalue weighted by molar-refractivity contribution is 0.551. The van der Waals surface area contributed by atoms with Crippen LogP contribution in [-0.4, -0.2) is 36.7 Å². The molecule has 0 aliphatic rings. The van der Waals surface area contributed by atoms with Crippen LogP contribution in [0.1, 0.15) is 20.3 Å². The fourth-order valence-corrected chi connectivity index (χ4v) is 3.73. The molecule has 0 amide bonds. The van der Waals surface area contributed by atoms with Gasteiger partial charge in [-0.25, -0.2) is 21.6 Å². The average Bonchev–Trinajstić information content (AvgIpc) is 2.36. The van der Waals surface area contributed by atoms with Gasteiger partial charge in [0, 0.05) is 19.8 Å². The minimum absolute atomic E-state index is 0.0225. The van der Waals surface area contributed by atoms with Crippen LogP contribution in [0.15, 0.2) is 28.0 Å². The van der Waals surface area contributed by atoms with Gasteiger partial charge in [0.1, 0.15) is 4.90 Å². The van der Waals surface area contributed by atoms with Crippen molar-refractivity contribution in [1.82, 2.24) is 4.72 Å². The smallest absolute Gasteiger partial charge is 0.242 e. The third kappa shape index (κ3) is 4.98. The van der Waals surface area contributed by atoms with Crippen LogP contribution in [0.25, 0.3) is 0 Å². The van der Waals surface area contributed by atoms with E-state index in [9.17, 15) is 16.8 Å². The molecule has 6 nitrogen and oxygen atoms in total. The van der Waals surface area contributed by atoms with E-state index in [1.165, 1.54) is 18.2 Å². The zero-order valence-corrected chi connectivity index (χ0v) is 14.3. The van der Waals surface area contributed by atoms with Crippen LogP contribution in [0.5, 0.6) is 0 Å². The molecule has 0 aliphatic carbocycles. The number of sulfone groups is 1. The number of rotatable bonds is 7. The van der Waals surface area contributed by atoms with Gasteiger partial charge < -0.3 is 5.32 Å². The Bertz CT molecular complexity index is 695. The van der Waals surface area contributed by atoms with E-state index < -0.39 is 19.9 Å². The van der Waals surface area contributed by atoms with Crippen molar-refractivity contribution in [2.24, 2.45) is 5.92 Å². The maximum Gasteiger partial charge on any atom is 0.242 e. The summed E-state index contributed by atoms with van der Waals surface area (Å²) in [5.74, 6) is 0.374. The Morgan fingerprint density at radius 2 is 1.76 bits per heavy atom. The lowest BCUT2D eigenvalue weighted by atomic mass is 10.1. The molecule has 0 spiro atoms. The second kappa shape index (κ2) is 6.76. The fourth-order valence-electron chi connectivity index (χ4n) is 1.72. The van der Waals surface area contributed by atoms with Gasteiger partial charge in [0.2, 0.25) is 10.0 Å².